The van der Waals surface area contributed by atoms with E-state index in [4.69, 9.17) is 14.2 Å². The molecule has 1 saturated heterocycles. The zero-order valence-electron chi connectivity index (χ0n) is 8.07. The summed E-state index contributed by atoms with van der Waals surface area (Å²) in [7, 11) is 0. The van der Waals surface area contributed by atoms with Crippen molar-refractivity contribution in [3.8, 4) is 0 Å². The van der Waals surface area contributed by atoms with Crippen LogP contribution in [0.5, 0.6) is 0 Å². The molecule has 2 heterocycles. The predicted octanol–water partition coefficient (Wildman–Crippen LogP) is 2.47. The minimum atomic E-state index is 0.0647. The van der Waals surface area contributed by atoms with Gasteiger partial charge < -0.3 is 14.2 Å². The zero-order valence-corrected chi connectivity index (χ0v) is 8.07. The SMILES string of the molecule is C=CCC1=C(C2CCCO2)OC=CO1. The average Bonchev–Trinajstić information content (AvgIpc) is 2.72. The lowest BCUT2D eigenvalue weighted by atomic mass is 10.1. The van der Waals surface area contributed by atoms with E-state index in [1.54, 1.807) is 12.3 Å². The monoisotopic (exact) mass is 194 g/mol. The summed E-state index contributed by atoms with van der Waals surface area (Å²) < 4.78 is 16.3. The summed E-state index contributed by atoms with van der Waals surface area (Å²) >= 11 is 0. The van der Waals surface area contributed by atoms with Crippen LogP contribution in [0.1, 0.15) is 19.3 Å². The molecular formula is C11H14O3. The van der Waals surface area contributed by atoms with Gasteiger partial charge in [-0.2, -0.15) is 0 Å². The van der Waals surface area contributed by atoms with Gasteiger partial charge in [-0.05, 0) is 12.8 Å². The second kappa shape index (κ2) is 4.33. The molecule has 0 radical (unpaired) electrons. The Kier molecular flexibility index (Phi) is 2.89. The van der Waals surface area contributed by atoms with Crippen LogP contribution in [0.15, 0.2) is 36.7 Å². The molecule has 2 aliphatic rings. The van der Waals surface area contributed by atoms with Crippen LogP contribution in [0.25, 0.3) is 0 Å². The molecule has 0 aromatic rings. The Morgan fingerprint density at radius 2 is 2.29 bits per heavy atom. The Hall–Kier alpha value is -1.22. The lowest BCUT2D eigenvalue weighted by Crippen LogP contribution is -2.15. The molecule has 3 heteroatoms. The number of hydrogen-bond donors (Lipinski definition) is 0. The molecule has 0 amide bonds. The first-order chi connectivity index (χ1) is 6.92. The van der Waals surface area contributed by atoms with E-state index in [1.807, 2.05) is 0 Å². The van der Waals surface area contributed by atoms with Crippen LogP contribution in [0.3, 0.4) is 0 Å². The van der Waals surface area contributed by atoms with Gasteiger partial charge in [0.15, 0.2) is 5.76 Å². The Morgan fingerprint density at radius 1 is 1.43 bits per heavy atom. The topological polar surface area (TPSA) is 27.7 Å². The van der Waals surface area contributed by atoms with E-state index in [0.29, 0.717) is 6.42 Å². The first-order valence-corrected chi connectivity index (χ1v) is 4.85. The number of rotatable bonds is 3. The third-order valence-corrected chi connectivity index (χ3v) is 2.29. The molecule has 0 aromatic carbocycles. The second-order valence-corrected chi connectivity index (χ2v) is 3.29. The maximum absolute atomic E-state index is 5.54. The molecule has 2 rings (SSSR count). The first-order valence-electron chi connectivity index (χ1n) is 4.85. The van der Waals surface area contributed by atoms with Gasteiger partial charge in [0.25, 0.3) is 0 Å². The van der Waals surface area contributed by atoms with Gasteiger partial charge in [-0.1, -0.05) is 6.08 Å². The summed E-state index contributed by atoms with van der Waals surface area (Å²) in [5.41, 5.74) is 0. The smallest absolute Gasteiger partial charge is 0.170 e. The van der Waals surface area contributed by atoms with Crippen LogP contribution >= 0.6 is 0 Å². The van der Waals surface area contributed by atoms with Crippen molar-refractivity contribution in [1.82, 2.24) is 0 Å². The minimum Gasteiger partial charge on any atom is -0.462 e. The van der Waals surface area contributed by atoms with Gasteiger partial charge in [0.2, 0.25) is 0 Å². The molecule has 1 fully saturated rings. The van der Waals surface area contributed by atoms with Gasteiger partial charge in [0.05, 0.1) is 0 Å². The molecule has 0 bridgehead atoms. The quantitative estimate of drug-likeness (QED) is 0.646. The van der Waals surface area contributed by atoms with E-state index in [9.17, 15) is 0 Å². The van der Waals surface area contributed by atoms with Gasteiger partial charge in [-0.15, -0.1) is 6.58 Å². The lowest BCUT2D eigenvalue weighted by molar-refractivity contribution is 0.0775. The van der Waals surface area contributed by atoms with Crippen molar-refractivity contribution in [1.29, 1.82) is 0 Å². The molecule has 0 saturated carbocycles. The van der Waals surface area contributed by atoms with Crippen LogP contribution in [0, 0.1) is 0 Å². The maximum Gasteiger partial charge on any atom is 0.170 e. The molecule has 1 unspecified atom stereocenters. The predicted molar refractivity (Wildman–Crippen MR) is 52.1 cm³/mol. The molecule has 1 atom stereocenters. The third-order valence-electron chi connectivity index (χ3n) is 2.29. The fraction of sp³-hybridized carbons (Fsp3) is 0.455. The third kappa shape index (κ3) is 1.82. The summed E-state index contributed by atoms with van der Waals surface area (Å²) in [6.07, 6.45) is 7.72. The van der Waals surface area contributed by atoms with Crippen molar-refractivity contribution >= 4 is 0 Å². The van der Waals surface area contributed by atoms with Gasteiger partial charge in [-0.25, -0.2) is 0 Å². The van der Waals surface area contributed by atoms with Gasteiger partial charge >= 0.3 is 0 Å². The summed E-state index contributed by atoms with van der Waals surface area (Å²) in [5, 5.41) is 0. The van der Waals surface area contributed by atoms with Crippen molar-refractivity contribution in [3.63, 3.8) is 0 Å². The zero-order chi connectivity index (χ0) is 9.80. The molecule has 76 valence electrons. The Morgan fingerprint density at radius 3 is 3.00 bits per heavy atom. The Labute approximate surface area is 83.6 Å². The molecular weight excluding hydrogens is 180 g/mol. The first kappa shape index (κ1) is 9.34. The summed E-state index contributed by atoms with van der Waals surface area (Å²) in [4.78, 5) is 0. The Balaban J connectivity index is 2.13. The molecule has 2 aliphatic heterocycles. The fourth-order valence-electron chi connectivity index (χ4n) is 1.65. The highest BCUT2D eigenvalue weighted by atomic mass is 16.6. The van der Waals surface area contributed by atoms with Crippen LogP contribution in [-0.2, 0) is 14.2 Å². The lowest BCUT2D eigenvalue weighted by Gasteiger charge is -2.20. The van der Waals surface area contributed by atoms with Crippen LogP contribution in [0.4, 0.5) is 0 Å². The minimum absolute atomic E-state index is 0.0647. The van der Waals surface area contributed by atoms with E-state index in [-0.39, 0.29) is 6.10 Å². The van der Waals surface area contributed by atoms with E-state index in [2.05, 4.69) is 6.58 Å². The Bertz CT molecular complexity index is 268. The molecule has 0 aromatic heterocycles. The standard InChI is InChI=1S/C11H14O3/c1-2-4-9-11(14-8-7-13-9)10-5-3-6-12-10/h2,7-8,10H,1,3-6H2. The molecule has 14 heavy (non-hydrogen) atoms. The van der Waals surface area contributed by atoms with Crippen molar-refractivity contribution in [3.05, 3.63) is 36.7 Å². The summed E-state index contributed by atoms with van der Waals surface area (Å²) in [6.45, 7) is 4.49. The van der Waals surface area contributed by atoms with Crippen LogP contribution in [-0.4, -0.2) is 12.7 Å². The highest BCUT2D eigenvalue weighted by Crippen LogP contribution is 2.28. The van der Waals surface area contributed by atoms with Crippen molar-refractivity contribution < 1.29 is 14.2 Å². The fourth-order valence-corrected chi connectivity index (χ4v) is 1.65. The summed E-state index contributed by atoms with van der Waals surface area (Å²) in [5.74, 6) is 1.62. The van der Waals surface area contributed by atoms with Gasteiger partial charge in [-0.3, -0.25) is 0 Å². The molecule has 0 aliphatic carbocycles. The second-order valence-electron chi connectivity index (χ2n) is 3.29. The summed E-state index contributed by atoms with van der Waals surface area (Å²) in [6, 6.07) is 0. The molecule has 0 spiro atoms. The van der Waals surface area contributed by atoms with Crippen molar-refractivity contribution in [2.75, 3.05) is 6.61 Å². The number of hydrogen-bond acceptors (Lipinski definition) is 3. The van der Waals surface area contributed by atoms with E-state index in [0.717, 1.165) is 31.0 Å². The molecule has 0 N–H and O–H groups in total. The van der Waals surface area contributed by atoms with Crippen molar-refractivity contribution in [2.24, 2.45) is 0 Å². The highest BCUT2D eigenvalue weighted by molar-refractivity contribution is 5.14. The molecule has 3 nitrogen and oxygen atoms in total. The maximum atomic E-state index is 5.54. The average molecular weight is 194 g/mol. The normalized spacial score (nSPS) is 25.9. The van der Waals surface area contributed by atoms with Crippen LogP contribution in [0.2, 0.25) is 0 Å². The highest BCUT2D eigenvalue weighted by Gasteiger charge is 2.26. The van der Waals surface area contributed by atoms with E-state index >= 15 is 0 Å². The van der Waals surface area contributed by atoms with Crippen molar-refractivity contribution in [2.45, 2.75) is 25.4 Å². The van der Waals surface area contributed by atoms with E-state index < -0.39 is 0 Å². The largest absolute Gasteiger partial charge is 0.462 e. The van der Waals surface area contributed by atoms with Crippen LogP contribution < -0.4 is 0 Å². The van der Waals surface area contributed by atoms with Gasteiger partial charge in [0.1, 0.15) is 24.4 Å². The van der Waals surface area contributed by atoms with Gasteiger partial charge in [0, 0.05) is 13.0 Å². The number of ether oxygens (including phenoxy) is 3. The number of allylic oxidation sites excluding steroid dienone is 1. The van der Waals surface area contributed by atoms with E-state index in [1.165, 1.54) is 6.26 Å².